The van der Waals surface area contributed by atoms with Gasteiger partial charge in [0.2, 0.25) is 0 Å². The summed E-state index contributed by atoms with van der Waals surface area (Å²) < 4.78 is 0. The summed E-state index contributed by atoms with van der Waals surface area (Å²) in [6.45, 7) is 4.30. The van der Waals surface area contributed by atoms with Crippen LogP contribution in [-0.4, -0.2) is 21.8 Å². The second-order valence-electron chi connectivity index (χ2n) is 4.02. The Bertz CT molecular complexity index is 498. The molecule has 0 radical (unpaired) electrons. The Balaban J connectivity index is 3.50. The first-order chi connectivity index (χ1) is 7.67. The number of carbonyl (C=O) groups is 2. The fourth-order valence-corrected chi connectivity index (χ4v) is 1.79. The Kier molecular flexibility index (Phi) is 3.54. The van der Waals surface area contributed by atoms with Gasteiger partial charge in [0, 0.05) is 16.8 Å². The number of hydrogen-bond acceptors (Lipinski definition) is 4. The third kappa shape index (κ3) is 2.45. The van der Waals surface area contributed by atoms with E-state index in [-0.39, 0.29) is 16.5 Å². The molecule has 0 bridgehead atoms. The van der Waals surface area contributed by atoms with Crippen molar-refractivity contribution in [2.75, 3.05) is 0 Å². The number of pyridine rings is 1. The van der Waals surface area contributed by atoms with Crippen molar-refractivity contribution in [2.24, 2.45) is 5.73 Å². The molecular weight excluding hydrogens is 244 g/mol. The number of ketones is 1. The number of carboxylic acid groups (broad SMARTS) is 1. The lowest BCUT2D eigenvalue weighted by Crippen LogP contribution is -2.42. The number of aryl methyl sites for hydroxylation is 1. The molecule has 1 rings (SSSR count). The van der Waals surface area contributed by atoms with Crippen LogP contribution in [0.2, 0.25) is 5.15 Å². The van der Waals surface area contributed by atoms with Gasteiger partial charge in [0.15, 0.2) is 5.78 Å². The van der Waals surface area contributed by atoms with Crippen LogP contribution in [-0.2, 0) is 10.3 Å². The minimum absolute atomic E-state index is 0.0000926. The molecule has 0 spiro atoms. The van der Waals surface area contributed by atoms with Gasteiger partial charge in [-0.1, -0.05) is 11.6 Å². The number of carbonyl (C=O) groups excluding carboxylic acids is 1. The van der Waals surface area contributed by atoms with Gasteiger partial charge in [-0.3, -0.25) is 4.79 Å². The topological polar surface area (TPSA) is 93.3 Å². The normalized spacial score (nSPS) is 14.2. The molecular formula is C11H13ClN2O3. The number of rotatable bonds is 3. The number of halogens is 1. The Morgan fingerprint density at radius 1 is 1.53 bits per heavy atom. The first-order valence-electron chi connectivity index (χ1n) is 4.88. The fourth-order valence-electron chi connectivity index (χ4n) is 1.41. The highest BCUT2D eigenvalue weighted by Gasteiger charge is 2.34. The van der Waals surface area contributed by atoms with Gasteiger partial charge in [-0.15, -0.1) is 0 Å². The van der Waals surface area contributed by atoms with Crippen molar-refractivity contribution in [1.29, 1.82) is 0 Å². The van der Waals surface area contributed by atoms with Gasteiger partial charge in [0.25, 0.3) is 0 Å². The molecule has 5 nitrogen and oxygen atoms in total. The van der Waals surface area contributed by atoms with Gasteiger partial charge in [-0.25, -0.2) is 9.78 Å². The van der Waals surface area contributed by atoms with E-state index in [4.69, 9.17) is 22.4 Å². The molecule has 1 aromatic rings. The van der Waals surface area contributed by atoms with Crippen LogP contribution in [0.15, 0.2) is 6.07 Å². The summed E-state index contributed by atoms with van der Waals surface area (Å²) in [5.41, 5.74) is 4.89. The van der Waals surface area contributed by atoms with Crippen molar-refractivity contribution in [2.45, 2.75) is 26.3 Å². The number of hydrogen-bond donors (Lipinski definition) is 2. The quantitative estimate of drug-likeness (QED) is 0.631. The molecule has 1 atom stereocenters. The maximum Gasteiger partial charge on any atom is 0.328 e. The first-order valence-corrected chi connectivity index (χ1v) is 5.26. The highest BCUT2D eigenvalue weighted by Crippen LogP contribution is 2.27. The van der Waals surface area contributed by atoms with Gasteiger partial charge in [0.1, 0.15) is 10.7 Å². The van der Waals surface area contributed by atoms with Crippen LogP contribution in [0.25, 0.3) is 0 Å². The summed E-state index contributed by atoms with van der Waals surface area (Å²) >= 11 is 5.87. The molecule has 17 heavy (non-hydrogen) atoms. The van der Waals surface area contributed by atoms with Crippen LogP contribution in [0.4, 0.5) is 0 Å². The van der Waals surface area contributed by atoms with Crippen molar-refractivity contribution >= 4 is 23.4 Å². The predicted molar refractivity (Wildman–Crippen MR) is 63.2 cm³/mol. The largest absolute Gasteiger partial charge is 0.480 e. The number of nitrogens with two attached hydrogens (primary N) is 1. The zero-order valence-electron chi connectivity index (χ0n) is 9.74. The minimum Gasteiger partial charge on any atom is -0.480 e. The lowest BCUT2D eigenvalue weighted by Gasteiger charge is -2.21. The number of Topliss-reactive ketones (excluding diaryl/α,β-unsaturated/α-hetero) is 1. The molecule has 0 amide bonds. The molecule has 0 unspecified atom stereocenters. The Hall–Kier alpha value is -1.46. The summed E-state index contributed by atoms with van der Waals surface area (Å²) in [6.07, 6.45) is 0. The molecule has 6 heteroatoms. The molecule has 1 heterocycles. The first kappa shape index (κ1) is 13.6. The standard InChI is InChI=1S/C11H13ClN2O3/c1-5-7(6(2)15)4-8(9(12)14-5)11(3,13)10(16)17/h4H,13H2,1-3H3,(H,16,17)/t11-/m1/s1. The summed E-state index contributed by atoms with van der Waals surface area (Å²) in [5, 5.41) is 9.02. The van der Waals surface area contributed by atoms with Crippen LogP contribution in [0.5, 0.6) is 0 Å². The molecule has 0 aliphatic rings. The average Bonchev–Trinajstić information content (AvgIpc) is 2.15. The van der Waals surface area contributed by atoms with Crippen molar-refractivity contribution in [3.8, 4) is 0 Å². The molecule has 92 valence electrons. The third-order valence-corrected chi connectivity index (χ3v) is 2.84. The molecule has 0 aliphatic heterocycles. The summed E-state index contributed by atoms with van der Waals surface area (Å²) in [7, 11) is 0. The van der Waals surface area contributed by atoms with E-state index < -0.39 is 11.5 Å². The minimum atomic E-state index is -1.68. The predicted octanol–water partition coefficient (Wildman–Crippen LogP) is 1.50. The van der Waals surface area contributed by atoms with Crippen LogP contribution in [0, 0.1) is 6.92 Å². The maximum absolute atomic E-state index is 11.4. The van der Waals surface area contributed by atoms with E-state index in [1.165, 1.54) is 19.9 Å². The second kappa shape index (κ2) is 4.43. The molecule has 0 saturated heterocycles. The molecule has 0 aromatic carbocycles. The molecule has 0 aliphatic carbocycles. The Morgan fingerprint density at radius 3 is 2.47 bits per heavy atom. The molecule has 3 N–H and O–H groups in total. The highest BCUT2D eigenvalue weighted by atomic mass is 35.5. The van der Waals surface area contributed by atoms with E-state index in [1.807, 2.05) is 0 Å². The second-order valence-corrected chi connectivity index (χ2v) is 4.38. The maximum atomic E-state index is 11.4. The van der Waals surface area contributed by atoms with Crippen molar-refractivity contribution in [3.63, 3.8) is 0 Å². The van der Waals surface area contributed by atoms with Crippen LogP contribution >= 0.6 is 11.6 Å². The summed E-state index contributed by atoms with van der Waals surface area (Å²) in [6, 6.07) is 1.39. The zero-order valence-corrected chi connectivity index (χ0v) is 10.5. The van der Waals surface area contributed by atoms with Crippen molar-refractivity contribution < 1.29 is 14.7 Å². The van der Waals surface area contributed by atoms with E-state index in [0.717, 1.165) is 0 Å². The zero-order chi connectivity index (χ0) is 13.4. The summed E-state index contributed by atoms with van der Waals surface area (Å²) in [5.74, 6) is -1.45. The number of carboxylic acids is 1. The monoisotopic (exact) mass is 256 g/mol. The van der Waals surface area contributed by atoms with Crippen molar-refractivity contribution in [3.05, 3.63) is 28.0 Å². The van der Waals surface area contributed by atoms with Gasteiger partial charge in [-0.05, 0) is 26.8 Å². The lowest BCUT2D eigenvalue weighted by molar-refractivity contribution is -0.143. The number of nitrogens with zero attached hydrogens (tertiary/aromatic N) is 1. The van der Waals surface area contributed by atoms with Gasteiger partial charge in [-0.2, -0.15) is 0 Å². The molecule has 0 fully saturated rings. The number of aromatic nitrogens is 1. The van der Waals surface area contributed by atoms with Gasteiger partial charge >= 0.3 is 5.97 Å². The molecule has 1 aromatic heterocycles. The van der Waals surface area contributed by atoms with E-state index in [1.54, 1.807) is 6.92 Å². The smallest absolute Gasteiger partial charge is 0.328 e. The third-order valence-electron chi connectivity index (χ3n) is 2.55. The van der Waals surface area contributed by atoms with E-state index in [9.17, 15) is 9.59 Å². The Morgan fingerprint density at radius 2 is 2.06 bits per heavy atom. The van der Waals surface area contributed by atoms with Crippen LogP contribution in [0.3, 0.4) is 0 Å². The van der Waals surface area contributed by atoms with Gasteiger partial charge in [0.05, 0.1) is 0 Å². The highest BCUT2D eigenvalue weighted by molar-refractivity contribution is 6.30. The van der Waals surface area contributed by atoms with Gasteiger partial charge < -0.3 is 10.8 Å². The SMILES string of the molecule is CC(=O)c1cc([C@@](C)(N)C(=O)O)c(Cl)nc1C. The van der Waals surface area contributed by atoms with E-state index in [0.29, 0.717) is 11.3 Å². The summed E-state index contributed by atoms with van der Waals surface area (Å²) in [4.78, 5) is 26.3. The van der Waals surface area contributed by atoms with Crippen LogP contribution in [0.1, 0.15) is 35.5 Å². The average molecular weight is 257 g/mol. The lowest BCUT2D eigenvalue weighted by atomic mass is 9.92. The van der Waals surface area contributed by atoms with Crippen LogP contribution < -0.4 is 5.73 Å². The van der Waals surface area contributed by atoms with Crippen molar-refractivity contribution in [1.82, 2.24) is 4.98 Å². The van der Waals surface area contributed by atoms with E-state index >= 15 is 0 Å². The number of aliphatic carboxylic acids is 1. The molecule has 0 saturated carbocycles. The van der Waals surface area contributed by atoms with E-state index in [2.05, 4.69) is 4.98 Å². The Labute approximate surface area is 104 Å². The fraction of sp³-hybridized carbons (Fsp3) is 0.364.